The standard InChI is InChI=1S/C9H15NO3/c1-3-13-9(12)7-6(2)4-5-10-8(7)11/h6-7H,3-5H2,1-2H3,(H,10,11). The molecule has 0 aromatic heterocycles. The van der Waals surface area contributed by atoms with E-state index in [2.05, 4.69) is 5.32 Å². The summed E-state index contributed by atoms with van der Waals surface area (Å²) in [7, 11) is 0. The fraction of sp³-hybridized carbons (Fsp3) is 0.778. The van der Waals surface area contributed by atoms with Crippen molar-refractivity contribution in [1.29, 1.82) is 0 Å². The molecule has 0 saturated carbocycles. The van der Waals surface area contributed by atoms with Crippen LogP contribution in [0.1, 0.15) is 20.3 Å². The van der Waals surface area contributed by atoms with E-state index in [9.17, 15) is 9.59 Å². The number of hydrogen-bond donors (Lipinski definition) is 1. The minimum Gasteiger partial charge on any atom is -0.465 e. The zero-order chi connectivity index (χ0) is 9.84. The normalized spacial score (nSPS) is 28.0. The smallest absolute Gasteiger partial charge is 0.318 e. The number of esters is 1. The number of ether oxygens (including phenoxy) is 1. The predicted octanol–water partition coefficient (Wildman–Crippen LogP) is 0.322. The van der Waals surface area contributed by atoms with Crippen molar-refractivity contribution in [3.05, 3.63) is 0 Å². The molecule has 0 aromatic carbocycles. The molecule has 0 radical (unpaired) electrons. The third-order valence-corrected chi connectivity index (χ3v) is 2.29. The monoisotopic (exact) mass is 185 g/mol. The second kappa shape index (κ2) is 4.25. The van der Waals surface area contributed by atoms with Crippen molar-refractivity contribution < 1.29 is 14.3 Å². The van der Waals surface area contributed by atoms with Crippen molar-refractivity contribution in [2.75, 3.05) is 13.2 Å². The number of amides is 1. The molecule has 4 nitrogen and oxygen atoms in total. The molecule has 0 spiro atoms. The van der Waals surface area contributed by atoms with Gasteiger partial charge in [-0.2, -0.15) is 0 Å². The van der Waals surface area contributed by atoms with Gasteiger partial charge in [-0.15, -0.1) is 0 Å². The summed E-state index contributed by atoms with van der Waals surface area (Å²) in [6.45, 7) is 4.63. The van der Waals surface area contributed by atoms with Crippen LogP contribution in [0.4, 0.5) is 0 Å². The first-order chi connectivity index (χ1) is 6.16. The molecule has 2 atom stereocenters. The molecular weight excluding hydrogens is 170 g/mol. The molecule has 1 N–H and O–H groups in total. The molecule has 1 fully saturated rings. The van der Waals surface area contributed by atoms with Crippen LogP contribution >= 0.6 is 0 Å². The van der Waals surface area contributed by atoms with Gasteiger partial charge in [-0.3, -0.25) is 9.59 Å². The van der Waals surface area contributed by atoms with Gasteiger partial charge in [0.15, 0.2) is 0 Å². The molecule has 1 heterocycles. The second-order valence-corrected chi connectivity index (χ2v) is 3.29. The van der Waals surface area contributed by atoms with Gasteiger partial charge in [-0.25, -0.2) is 0 Å². The highest BCUT2D eigenvalue weighted by molar-refractivity contribution is 5.98. The van der Waals surface area contributed by atoms with E-state index in [0.717, 1.165) is 6.42 Å². The average Bonchev–Trinajstić information content (AvgIpc) is 2.04. The fourth-order valence-corrected chi connectivity index (χ4v) is 1.53. The largest absolute Gasteiger partial charge is 0.465 e. The minimum atomic E-state index is -0.603. The summed E-state index contributed by atoms with van der Waals surface area (Å²) in [4.78, 5) is 22.6. The van der Waals surface area contributed by atoms with Gasteiger partial charge in [0.1, 0.15) is 5.92 Å². The maximum absolute atomic E-state index is 11.3. The van der Waals surface area contributed by atoms with Crippen LogP contribution in [0.5, 0.6) is 0 Å². The Bertz CT molecular complexity index is 215. The first-order valence-electron chi connectivity index (χ1n) is 4.61. The molecule has 13 heavy (non-hydrogen) atoms. The van der Waals surface area contributed by atoms with Gasteiger partial charge >= 0.3 is 5.97 Å². The zero-order valence-corrected chi connectivity index (χ0v) is 8.00. The summed E-state index contributed by atoms with van der Waals surface area (Å²) in [5.74, 6) is -1.11. The van der Waals surface area contributed by atoms with E-state index < -0.39 is 11.9 Å². The SMILES string of the molecule is CCOC(=O)C1C(=O)NCCC1C. The Hall–Kier alpha value is -1.06. The lowest BCUT2D eigenvalue weighted by Gasteiger charge is -2.26. The lowest BCUT2D eigenvalue weighted by atomic mass is 9.87. The number of nitrogens with one attached hydrogen (secondary N) is 1. The number of carbonyl (C=O) groups excluding carboxylic acids is 2. The predicted molar refractivity (Wildman–Crippen MR) is 46.9 cm³/mol. The van der Waals surface area contributed by atoms with Crippen LogP contribution in [-0.4, -0.2) is 25.0 Å². The fourth-order valence-electron chi connectivity index (χ4n) is 1.53. The Morgan fingerprint density at radius 2 is 2.38 bits per heavy atom. The van der Waals surface area contributed by atoms with E-state index in [1.54, 1.807) is 6.92 Å². The van der Waals surface area contributed by atoms with Crippen molar-refractivity contribution in [2.24, 2.45) is 11.8 Å². The van der Waals surface area contributed by atoms with Gasteiger partial charge in [-0.05, 0) is 19.3 Å². The van der Waals surface area contributed by atoms with E-state index in [4.69, 9.17) is 4.74 Å². The van der Waals surface area contributed by atoms with E-state index in [1.165, 1.54) is 0 Å². The first kappa shape index (κ1) is 10.0. The molecule has 0 bridgehead atoms. The molecule has 4 heteroatoms. The maximum Gasteiger partial charge on any atom is 0.318 e. The maximum atomic E-state index is 11.3. The third kappa shape index (κ3) is 2.20. The van der Waals surface area contributed by atoms with Gasteiger partial charge in [0.05, 0.1) is 6.61 Å². The minimum absolute atomic E-state index is 0.0906. The highest BCUT2D eigenvalue weighted by atomic mass is 16.5. The highest BCUT2D eigenvalue weighted by Gasteiger charge is 2.35. The Labute approximate surface area is 77.6 Å². The third-order valence-electron chi connectivity index (χ3n) is 2.29. The molecule has 1 aliphatic rings. The Balaban J connectivity index is 2.62. The van der Waals surface area contributed by atoms with Crippen molar-refractivity contribution in [1.82, 2.24) is 5.32 Å². The summed E-state index contributed by atoms with van der Waals surface area (Å²) in [6, 6.07) is 0. The molecule has 2 unspecified atom stereocenters. The van der Waals surface area contributed by atoms with E-state index >= 15 is 0 Å². The molecule has 1 rings (SSSR count). The number of piperidine rings is 1. The average molecular weight is 185 g/mol. The van der Waals surface area contributed by atoms with Crippen LogP contribution in [0.25, 0.3) is 0 Å². The van der Waals surface area contributed by atoms with Gasteiger partial charge in [0.25, 0.3) is 0 Å². The topological polar surface area (TPSA) is 55.4 Å². The van der Waals surface area contributed by atoms with Crippen molar-refractivity contribution >= 4 is 11.9 Å². The first-order valence-corrected chi connectivity index (χ1v) is 4.61. The molecule has 1 saturated heterocycles. The van der Waals surface area contributed by atoms with E-state index in [1.807, 2.05) is 6.92 Å². The van der Waals surface area contributed by atoms with Crippen LogP contribution < -0.4 is 5.32 Å². The molecule has 1 amide bonds. The van der Waals surface area contributed by atoms with Crippen LogP contribution in [0.2, 0.25) is 0 Å². The van der Waals surface area contributed by atoms with Crippen molar-refractivity contribution in [2.45, 2.75) is 20.3 Å². The summed E-state index contributed by atoms with van der Waals surface area (Å²) in [5.41, 5.74) is 0. The lowest BCUT2D eigenvalue weighted by Crippen LogP contribution is -2.45. The van der Waals surface area contributed by atoms with Gasteiger partial charge in [0.2, 0.25) is 5.91 Å². The Morgan fingerprint density at radius 3 is 2.92 bits per heavy atom. The number of carbonyl (C=O) groups is 2. The summed E-state index contributed by atoms with van der Waals surface area (Å²) in [6.07, 6.45) is 0.842. The molecular formula is C9H15NO3. The Morgan fingerprint density at radius 1 is 1.69 bits per heavy atom. The summed E-state index contributed by atoms with van der Waals surface area (Å²) in [5, 5.41) is 2.66. The second-order valence-electron chi connectivity index (χ2n) is 3.29. The van der Waals surface area contributed by atoms with Crippen LogP contribution in [0, 0.1) is 11.8 Å². The van der Waals surface area contributed by atoms with Crippen molar-refractivity contribution in [3.63, 3.8) is 0 Å². The number of rotatable bonds is 2. The van der Waals surface area contributed by atoms with Gasteiger partial charge < -0.3 is 10.1 Å². The molecule has 0 aromatic rings. The molecule has 1 aliphatic heterocycles. The van der Waals surface area contributed by atoms with Crippen molar-refractivity contribution in [3.8, 4) is 0 Å². The van der Waals surface area contributed by atoms with Gasteiger partial charge in [0, 0.05) is 6.54 Å². The van der Waals surface area contributed by atoms with E-state index in [-0.39, 0.29) is 11.8 Å². The summed E-state index contributed by atoms with van der Waals surface area (Å²) >= 11 is 0. The van der Waals surface area contributed by atoms with Crippen LogP contribution in [-0.2, 0) is 14.3 Å². The lowest BCUT2D eigenvalue weighted by molar-refractivity contribution is -0.155. The van der Waals surface area contributed by atoms with E-state index in [0.29, 0.717) is 13.2 Å². The quantitative estimate of drug-likeness (QED) is 0.498. The van der Waals surface area contributed by atoms with Gasteiger partial charge in [-0.1, -0.05) is 6.92 Å². The zero-order valence-electron chi connectivity index (χ0n) is 8.00. The summed E-state index contributed by atoms with van der Waals surface area (Å²) < 4.78 is 4.82. The number of hydrogen-bond acceptors (Lipinski definition) is 3. The van der Waals surface area contributed by atoms with Crippen LogP contribution in [0.15, 0.2) is 0 Å². The highest BCUT2D eigenvalue weighted by Crippen LogP contribution is 2.20. The van der Waals surface area contributed by atoms with Crippen LogP contribution in [0.3, 0.4) is 0 Å². The Kier molecular flexibility index (Phi) is 3.28. The molecule has 0 aliphatic carbocycles. The molecule has 74 valence electrons.